The lowest BCUT2D eigenvalue weighted by Gasteiger charge is -2.13. The molecule has 128 valence electrons. The summed E-state index contributed by atoms with van der Waals surface area (Å²) in [5.74, 6) is 0.363. The first-order valence-corrected chi connectivity index (χ1v) is 8.54. The Balaban J connectivity index is 2.16. The van der Waals surface area contributed by atoms with Crippen LogP contribution in [0, 0.1) is 13.8 Å². The largest absolute Gasteiger partial charge is 0.338 e. The highest BCUT2D eigenvalue weighted by atomic mass is 32.2. The van der Waals surface area contributed by atoms with E-state index >= 15 is 0 Å². The number of nitrogens with zero attached hydrogens (tertiary/aromatic N) is 3. The van der Waals surface area contributed by atoms with Crippen LogP contribution in [-0.4, -0.2) is 38.5 Å². The smallest absolute Gasteiger partial charge is 0.321 e. The second-order valence-electron chi connectivity index (χ2n) is 5.31. The van der Waals surface area contributed by atoms with Gasteiger partial charge in [-0.2, -0.15) is 0 Å². The van der Waals surface area contributed by atoms with Gasteiger partial charge in [0.15, 0.2) is 5.16 Å². The molecule has 0 saturated carbocycles. The third-order valence-electron chi connectivity index (χ3n) is 3.28. The third kappa shape index (κ3) is 4.35. The molecule has 3 amide bonds. The summed E-state index contributed by atoms with van der Waals surface area (Å²) in [7, 11) is 0. The van der Waals surface area contributed by atoms with Gasteiger partial charge in [-0.05, 0) is 45.4 Å². The topological polar surface area (TPSA) is 88.9 Å². The molecule has 2 aromatic rings. The van der Waals surface area contributed by atoms with Crippen LogP contribution in [0.4, 0.5) is 4.79 Å². The molecule has 8 heteroatoms. The number of carbonyl (C=O) groups is 2. The molecule has 1 atom stereocenters. The molecule has 0 aliphatic rings. The van der Waals surface area contributed by atoms with Crippen molar-refractivity contribution in [2.24, 2.45) is 0 Å². The van der Waals surface area contributed by atoms with Crippen LogP contribution in [0.1, 0.15) is 25.2 Å². The Morgan fingerprint density at radius 2 is 2.04 bits per heavy atom. The summed E-state index contributed by atoms with van der Waals surface area (Å²) < 4.78 is 1.90. The highest BCUT2D eigenvalue weighted by Crippen LogP contribution is 2.25. The average Bonchev–Trinajstić information content (AvgIpc) is 2.88. The molecule has 0 aliphatic heterocycles. The summed E-state index contributed by atoms with van der Waals surface area (Å²) in [6, 6.07) is 7.47. The molecule has 1 unspecified atom stereocenters. The predicted octanol–water partition coefficient (Wildman–Crippen LogP) is 2.21. The molecule has 2 N–H and O–H groups in total. The minimum absolute atomic E-state index is 0.373. The Labute approximate surface area is 145 Å². The van der Waals surface area contributed by atoms with E-state index in [9.17, 15) is 9.59 Å². The number of aryl methyl sites for hydroxylation is 2. The van der Waals surface area contributed by atoms with Crippen LogP contribution in [-0.2, 0) is 4.79 Å². The molecular weight excluding hydrogens is 326 g/mol. The van der Waals surface area contributed by atoms with Gasteiger partial charge in [0.2, 0.25) is 5.91 Å². The summed E-state index contributed by atoms with van der Waals surface area (Å²) in [5.41, 5.74) is 2.06. The first kappa shape index (κ1) is 18.0. The van der Waals surface area contributed by atoms with E-state index in [-0.39, 0.29) is 5.91 Å². The predicted molar refractivity (Wildman–Crippen MR) is 93.4 cm³/mol. The number of amides is 3. The lowest BCUT2D eigenvalue weighted by Crippen LogP contribution is -2.42. The fourth-order valence-electron chi connectivity index (χ4n) is 2.11. The van der Waals surface area contributed by atoms with Crippen LogP contribution in [0.2, 0.25) is 0 Å². The van der Waals surface area contributed by atoms with E-state index in [0.717, 1.165) is 17.1 Å². The number of aromatic nitrogens is 3. The van der Waals surface area contributed by atoms with Gasteiger partial charge in [0.05, 0.1) is 5.25 Å². The molecule has 7 nitrogen and oxygen atoms in total. The van der Waals surface area contributed by atoms with E-state index in [1.807, 2.05) is 42.7 Å². The van der Waals surface area contributed by atoms with Crippen molar-refractivity contribution >= 4 is 23.7 Å². The summed E-state index contributed by atoms with van der Waals surface area (Å²) >= 11 is 1.26. The van der Waals surface area contributed by atoms with E-state index < -0.39 is 11.3 Å². The number of imide groups is 1. The quantitative estimate of drug-likeness (QED) is 0.810. The van der Waals surface area contributed by atoms with E-state index in [4.69, 9.17) is 0 Å². The number of benzene rings is 1. The summed E-state index contributed by atoms with van der Waals surface area (Å²) in [4.78, 5) is 23.5. The Morgan fingerprint density at radius 1 is 1.29 bits per heavy atom. The third-order valence-corrected chi connectivity index (χ3v) is 4.32. The van der Waals surface area contributed by atoms with Crippen LogP contribution < -0.4 is 10.6 Å². The molecule has 0 saturated heterocycles. The minimum atomic E-state index is -0.494. The van der Waals surface area contributed by atoms with Crippen molar-refractivity contribution in [3.8, 4) is 5.69 Å². The van der Waals surface area contributed by atoms with Crippen molar-refractivity contribution in [3.63, 3.8) is 0 Å². The average molecular weight is 347 g/mol. The van der Waals surface area contributed by atoms with Gasteiger partial charge in [-0.1, -0.05) is 23.9 Å². The molecule has 0 aliphatic carbocycles. The van der Waals surface area contributed by atoms with Crippen LogP contribution in [0.3, 0.4) is 0 Å². The number of rotatable bonds is 5. The first-order valence-electron chi connectivity index (χ1n) is 7.66. The molecule has 0 bridgehead atoms. The second-order valence-corrected chi connectivity index (χ2v) is 6.62. The number of carbonyl (C=O) groups excluding carboxylic acids is 2. The number of thioether (sulfide) groups is 1. The van der Waals surface area contributed by atoms with Crippen molar-refractivity contribution < 1.29 is 9.59 Å². The van der Waals surface area contributed by atoms with Crippen molar-refractivity contribution in [3.05, 3.63) is 35.7 Å². The number of urea groups is 1. The Bertz CT molecular complexity index is 744. The normalized spacial score (nSPS) is 11.8. The van der Waals surface area contributed by atoms with Crippen molar-refractivity contribution in [2.45, 2.75) is 38.1 Å². The van der Waals surface area contributed by atoms with E-state index in [1.165, 1.54) is 11.8 Å². The van der Waals surface area contributed by atoms with Crippen LogP contribution >= 0.6 is 11.8 Å². The van der Waals surface area contributed by atoms with Crippen molar-refractivity contribution in [2.75, 3.05) is 6.54 Å². The molecule has 0 fully saturated rings. The first-order chi connectivity index (χ1) is 11.4. The zero-order chi connectivity index (χ0) is 17.7. The minimum Gasteiger partial charge on any atom is -0.338 e. The number of hydrogen-bond acceptors (Lipinski definition) is 5. The van der Waals surface area contributed by atoms with Gasteiger partial charge in [0, 0.05) is 12.2 Å². The fraction of sp³-hybridized carbons (Fsp3) is 0.375. The van der Waals surface area contributed by atoms with Crippen LogP contribution in [0.5, 0.6) is 0 Å². The van der Waals surface area contributed by atoms with E-state index in [0.29, 0.717) is 11.7 Å². The number of nitrogens with one attached hydrogen (secondary N) is 2. The standard InChI is InChI=1S/C16H21N5O2S/c1-5-17-15(23)18-14(22)11(3)24-16-20-19-12(4)21(16)13-8-6-7-10(2)9-13/h6-9,11H,5H2,1-4H3,(H2,17,18,22,23). The van der Waals surface area contributed by atoms with Crippen LogP contribution in [0.15, 0.2) is 29.4 Å². The van der Waals surface area contributed by atoms with Gasteiger partial charge in [-0.3, -0.25) is 14.7 Å². The van der Waals surface area contributed by atoms with Gasteiger partial charge in [0.1, 0.15) is 5.82 Å². The molecule has 1 aromatic carbocycles. The van der Waals surface area contributed by atoms with Gasteiger partial charge in [0.25, 0.3) is 0 Å². The Kier molecular flexibility index (Phi) is 5.97. The zero-order valence-corrected chi connectivity index (χ0v) is 15.0. The summed E-state index contributed by atoms with van der Waals surface area (Å²) in [6.45, 7) is 7.85. The molecule has 24 heavy (non-hydrogen) atoms. The highest BCUT2D eigenvalue weighted by Gasteiger charge is 2.21. The zero-order valence-electron chi connectivity index (χ0n) is 14.2. The van der Waals surface area contributed by atoms with E-state index in [2.05, 4.69) is 20.8 Å². The maximum atomic E-state index is 12.1. The second kappa shape index (κ2) is 7.96. The van der Waals surface area contributed by atoms with Gasteiger partial charge < -0.3 is 5.32 Å². The lowest BCUT2D eigenvalue weighted by molar-refractivity contribution is -0.119. The maximum absolute atomic E-state index is 12.1. The molecule has 2 rings (SSSR count). The maximum Gasteiger partial charge on any atom is 0.321 e. The molecule has 0 spiro atoms. The van der Waals surface area contributed by atoms with Crippen LogP contribution in [0.25, 0.3) is 5.69 Å². The molecular formula is C16H21N5O2S. The van der Waals surface area contributed by atoms with Gasteiger partial charge >= 0.3 is 6.03 Å². The van der Waals surface area contributed by atoms with Crippen molar-refractivity contribution in [1.29, 1.82) is 0 Å². The Hall–Kier alpha value is -2.35. The summed E-state index contributed by atoms with van der Waals surface area (Å²) in [5, 5.41) is 13.2. The monoisotopic (exact) mass is 347 g/mol. The molecule has 1 heterocycles. The van der Waals surface area contributed by atoms with Gasteiger partial charge in [-0.15, -0.1) is 10.2 Å². The van der Waals surface area contributed by atoms with Crippen molar-refractivity contribution in [1.82, 2.24) is 25.4 Å². The number of hydrogen-bond donors (Lipinski definition) is 2. The summed E-state index contributed by atoms with van der Waals surface area (Å²) in [6.07, 6.45) is 0. The SMILES string of the molecule is CCNC(=O)NC(=O)C(C)Sc1nnc(C)n1-c1cccc(C)c1. The highest BCUT2D eigenvalue weighted by molar-refractivity contribution is 8.00. The van der Waals surface area contributed by atoms with Gasteiger partial charge in [-0.25, -0.2) is 4.79 Å². The van der Waals surface area contributed by atoms with E-state index in [1.54, 1.807) is 13.8 Å². The lowest BCUT2D eigenvalue weighted by atomic mass is 10.2. The molecule has 0 radical (unpaired) electrons. The Morgan fingerprint density at radius 3 is 2.71 bits per heavy atom. The fourth-order valence-corrected chi connectivity index (χ4v) is 3.03. The molecule has 1 aromatic heterocycles.